The first-order chi connectivity index (χ1) is 9.69. The van der Waals surface area contributed by atoms with Gasteiger partial charge in [-0.05, 0) is 24.6 Å². The summed E-state index contributed by atoms with van der Waals surface area (Å²) in [5, 5.41) is 8.64. The van der Waals surface area contributed by atoms with Crippen LogP contribution in [-0.4, -0.2) is 21.9 Å². The third-order valence-electron chi connectivity index (χ3n) is 3.08. The van der Waals surface area contributed by atoms with E-state index in [-0.39, 0.29) is 0 Å². The quantitative estimate of drug-likeness (QED) is 0.800. The standard InChI is InChI=1S/C14H16N4OS/c1-4-10-12(8-18(2)17-10)16-14-15-11-6-5-9(19-3)7-13(11)20-14/h5-8H,4H2,1-3H3,(H,15,16). The number of nitrogens with zero attached hydrogens (tertiary/aromatic N) is 3. The molecular formula is C14H16N4OS. The van der Waals surface area contributed by atoms with Crippen LogP contribution >= 0.6 is 11.3 Å². The van der Waals surface area contributed by atoms with Gasteiger partial charge in [0.15, 0.2) is 5.13 Å². The first kappa shape index (κ1) is 12.9. The minimum absolute atomic E-state index is 0.850. The molecule has 0 atom stereocenters. The Bertz CT molecular complexity index is 747. The van der Waals surface area contributed by atoms with E-state index in [1.165, 1.54) is 0 Å². The van der Waals surface area contributed by atoms with Gasteiger partial charge in [0.1, 0.15) is 5.75 Å². The number of methoxy groups -OCH3 is 1. The van der Waals surface area contributed by atoms with Gasteiger partial charge in [0.2, 0.25) is 0 Å². The smallest absolute Gasteiger partial charge is 0.188 e. The van der Waals surface area contributed by atoms with Crippen molar-refractivity contribution in [3.05, 3.63) is 30.1 Å². The summed E-state index contributed by atoms with van der Waals surface area (Å²) < 4.78 is 8.16. The maximum absolute atomic E-state index is 5.23. The SMILES string of the molecule is CCc1nn(C)cc1Nc1nc2ccc(OC)cc2s1. The van der Waals surface area contributed by atoms with Gasteiger partial charge in [0.25, 0.3) is 0 Å². The Hall–Kier alpha value is -2.08. The lowest BCUT2D eigenvalue weighted by atomic mass is 10.3. The molecule has 20 heavy (non-hydrogen) atoms. The van der Waals surface area contributed by atoms with Crippen LogP contribution in [0.2, 0.25) is 0 Å². The van der Waals surface area contributed by atoms with Crippen LogP contribution < -0.4 is 10.1 Å². The first-order valence-electron chi connectivity index (χ1n) is 6.43. The zero-order valence-electron chi connectivity index (χ0n) is 11.7. The molecule has 3 rings (SSSR count). The summed E-state index contributed by atoms with van der Waals surface area (Å²) in [5.41, 5.74) is 3.03. The lowest BCUT2D eigenvalue weighted by Gasteiger charge is -1.99. The van der Waals surface area contributed by atoms with Crippen LogP contribution in [0.3, 0.4) is 0 Å². The minimum atomic E-state index is 0.850. The number of ether oxygens (including phenoxy) is 1. The van der Waals surface area contributed by atoms with Crippen LogP contribution in [0.25, 0.3) is 10.2 Å². The van der Waals surface area contributed by atoms with Gasteiger partial charge < -0.3 is 10.1 Å². The fourth-order valence-electron chi connectivity index (χ4n) is 2.10. The number of anilines is 2. The Morgan fingerprint density at radius 3 is 3.00 bits per heavy atom. The van der Waals surface area contributed by atoms with Crippen molar-refractivity contribution in [2.24, 2.45) is 7.05 Å². The predicted molar refractivity (Wildman–Crippen MR) is 82.0 cm³/mol. The van der Waals surface area contributed by atoms with E-state index in [1.807, 2.05) is 36.1 Å². The van der Waals surface area contributed by atoms with Crippen molar-refractivity contribution in [3.63, 3.8) is 0 Å². The van der Waals surface area contributed by atoms with Gasteiger partial charge in [0, 0.05) is 13.2 Å². The minimum Gasteiger partial charge on any atom is -0.497 e. The van der Waals surface area contributed by atoms with Crippen LogP contribution in [0.5, 0.6) is 5.75 Å². The molecule has 2 aromatic heterocycles. The molecule has 0 spiro atoms. The Kier molecular flexibility index (Phi) is 3.31. The molecular weight excluding hydrogens is 272 g/mol. The Balaban J connectivity index is 1.94. The van der Waals surface area contributed by atoms with E-state index in [0.29, 0.717) is 0 Å². The molecule has 0 aliphatic carbocycles. The Morgan fingerprint density at radius 2 is 2.25 bits per heavy atom. The number of hydrogen-bond donors (Lipinski definition) is 1. The summed E-state index contributed by atoms with van der Waals surface area (Å²) in [5.74, 6) is 0.850. The molecule has 2 heterocycles. The second-order valence-corrected chi connectivity index (χ2v) is 5.53. The van der Waals surface area contributed by atoms with Gasteiger partial charge in [-0.25, -0.2) is 4.98 Å². The number of benzene rings is 1. The molecule has 0 radical (unpaired) electrons. The van der Waals surface area contributed by atoms with Gasteiger partial charge in [-0.2, -0.15) is 5.10 Å². The van der Waals surface area contributed by atoms with Crippen LogP contribution in [-0.2, 0) is 13.5 Å². The van der Waals surface area contributed by atoms with Crippen molar-refractivity contribution in [2.75, 3.05) is 12.4 Å². The Morgan fingerprint density at radius 1 is 1.40 bits per heavy atom. The molecule has 0 unspecified atom stereocenters. The number of thiazole rings is 1. The summed E-state index contributed by atoms with van der Waals surface area (Å²) in [6, 6.07) is 5.90. The van der Waals surface area contributed by atoms with Gasteiger partial charge >= 0.3 is 0 Å². The average Bonchev–Trinajstić information content (AvgIpc) is 3.00. The van der Waals surface area contributed by atoms with Crippen LogP contribution in [0.1, 0.15) is 12.6 Å². The van der Waals surface area contributed by atoms with E-state index in [0.717, 1.165) is 38.9 Å². The van der Waals surface area contributed by atoms with Crippen molar-refractivity contribution in [1.82, 2.24) is 14.8 Å². The summed E-state index contributed by atoms with van der Waals surface area (Å²) in [6.07, 6.45) is 2.87. The summed E-state index contributed by atoms with van der Waals surface area (Å²) in [6.45, 7) is 2.09. The number of aromatic nitrogens is 3. The topological polar surface area (TPSA) is 52.0 Å². The maximum atomic E-state index is 5.23. The normalized spacial score (nSPS) is 10.9. The monoisotopic (exact) mass is 288 g/mol. The van der Waals surface area contributed by atoms with Gasteiger partial charge in [-0.1, -0.05) is 18.3 Å². The van der Waals surface area contributed by atoms with Crippen molar-refractivity contribution >= 4 is 32.4 Å². The largest absolute Gasteiger partial charge is 0.497 e. The maximum Gasteiger partial charge on any atom is 0.188 e. The van der Waals surface area contributed by atoms with Crippen LogP contribution in [0.4, 0.5) is 10.8 Å². The predicted octanol–water partition coefficient (Wildman–Crippen LogP) is 3.34. The van der Waals surface area contributed by atoms with E-state index < -0.39 is 0 Å². The molecule has 5 nitrogen and oxygen atoms in total. The third-order valence-corrected chi connectivity index (χ3v) is 4.01. The Labute approximate surface area is 121 Å². The zero-order valence-corrected chi connectivity index (χ0v) is 12.5. The van der Waals surface area contributed by atoms with Crippen molar-refractivity contribution in [3.8, 4) is 5.75 Å². The summed E-state index contributed by atoms with van der Waals surface area (Å²) in [4.78, 5) is 4.58. The molecule has 3 aromatic rings. The number of aryl methyl sites for hydroxylation is 2. The highest BCUT2D eigenvalue weighted by Crippen LogP contribution is 2.31. The second-order valence-electron chi connectivity index (χ2n) is 4.49. The molecule has 1 N–H and O–H groups in total. The first-order valence-corrected chi connectivity index (χ1v) is 7.25. The van der Waals surface area contributed by atoms with Gasteiger partial charge in [-0.15, -0.1) is 0 Å². The lowest BCUT2D eigenvalue weighted by Crippen LogP contribution is -1.92. The van der Waals surface area contributed by atoms with Crippen molar-refractivity contribution in [2.45, 2.75) is 13.3 Å². The number of rotatable bonds is 4. The van der Waals surface area contributed by atoms with E-state index in [9.17, 15) is 0 Å². The molecule has 104 valence electrons. The number of fused-ring (bicyclic) bond motifs is 1. The van der Waals surface area contributed by atoms with E-state index in [2.05, 4.69) is 22.3 Å². The van der Waals surface area contributed by atoms with Gasteiger partial charge in [-0.3, -0.25) is 4.68 Å². The molecule has 0 aliphatic heterocycles. The molecule has 0 fully saturated rings. The fraction of sp³-hybridized carbons (Fsp3) is 0.286. The zero-order chi connectivity index (χ0) is 14.1. The molecule has 0 aliphatic rings. The molecule has 0 saturated heterocycles. The molecule has 0 bridgehead atoms. The molecule has 1 aromatic carbocycles. The van der Waals surface area contributed by atoms with Crippen molar-refractivity contribution < 1.29 is 4.74 Å². The second kappa shape index (κ2) is 5.13. The van der Waals surface area contributed by atoms with Crippen LogP contribution in [0, 0.1) is 0 Å². The lowest BCUT2D eigenvalue weighted by molar-refractivity contribution is 0.415. The molecule has 6 heteroatoms. The summed E-state index contributed by atoms with van der Waals surface area (Å²) in [7, 11) is 3.60. The van der Waals surface area contributed by atoms with Gasteiger partial charge in [0.05, 0.1) is 28.7 Å². The highest BCUT2D eigenvalue weighted by Gasteiger charge is 2.09. The van der Waals surface area contributed by atoms with E-state index in [1.54, 1.807) is 18.4 Å². The number of hydrogen-bond acceptors (Lipinski definition) is 5. The van der Waals surface area contributed by atoms with Crippen LogP contribution in [0.15, 0.2) is 24.4 Å². The molecule has 0 amide bonds. The highest BCUT2D eigenvalue weighted by molar-refractivity contribution is 7.22. The average molecular weight is 288 g/mol. The molecule has 0 saturated carbocycles. The van der Waals surface area contributed by atoms with E-state index >= 15 is 0 Å². The van der Waals surface area contributed by atoms with Crippen molar-refractivity contribution in [1.29, 1.82) is 0 Å². The third kappa shape index (κ3) is 2.34. The fourth-order valence-corrected chi connectivity index (χ4v) is 3.01. The summed E-state index contributed by atoms with van der Waals surface area (Å²) >= 11 is 1.61. The van der Waals surface area contributed by atoms with E-state index in [4.69, 9.17) is 4.74 Å². The number of nitrogens with one attached hydrogen (secondary N) is 1. The highest BCUT2D eigenvalue weighted by atomic mass is 32.1.